The van der Waals surface area contributed by atoms with Crippen molar-refractivity contribution < 1.29 is 35.4 Å². The SMILES string of the molecule is O=C(OC1(c2cc3ccc2o3)CCCCC1)C(I)C1N[I-]1. The number of alkyl halides is 2. The fraction of sp³-hybridized carbons (Fsp3) is 0.533. The minimum absolute atomic E-state index is 0.0243. The Kier molecular flexibility index (Phi) is 3.81. The summed E-state index contributed by atoms with van der Waals surface area (Å²) in [6, 6.07) is 6.01. The van der Waals surface area contributed by atoms with Gasteiger partial charge in [0.05, 0.1) is 0 Å². The molecule has 0 amide bonds. The van der Waals surface area contributed by atoms with E-state index in [1.54, 1.807) is 0 Å². The average Bonchev–Trinajstić information content (AvgIpc) is 3.13. The number of fused-ring (bicyclic) bond motifs is 2. The van der Waals surface area contributed by atoms with Crippen molar-refractivity contribution in [2.75, 3.05) is 0 Å². The quantitative estimate of drug-likeness (QED) is 0.160. The van der Waals surface area contributed by atoms with Gasteiger partial charge < -0.3 is 0 Å². The second kappa shape index (κ2) is 5.52. The van der Waals surface area contributed by atoms with Crippen LogP contribution in [0.25, 0.3) is 11.2 Å². The summed E-state index contributed by atoms with van der Waals surface area (Å²) in [4.78, 5) is 12.5. The molecule has 2 atom stereocenters. The molecule has 1 saturated heterocycles. The van der Waals surface area contributed by atoms with Crippen molar-refractivity contribution in [2.45, 2.75) is 45.7 Å². The van der Waals surface area contributed by atoms with E-state index in [0.29, 0.717) is 4.05 Å². The van der Waals surface area contributed by atoms with Crippen molar-refractivity contribution in [1.29, 1.82) is 0 Å². The van der Waals surface area contributed by atoms with E-state index in [0.717, 1.165) is 42.4 Å². The van der Waals surface area contributed by atoms with Gasteiger partial charge in [0.15, 0.2) is 0 Å². The van der Waals surface area contributed by atoms with Gasteiger partial charge in [-0.1, -0.05) is 0 Å². The molecule has 2 unspecified atom stereocenters. The summed E-state index contributed by atoms with van der Waals surface area (Å²) >= 11 is 2.25. The summed E-state index contributed by atoms with van der Waals surface area (Å²) in [5.74, 6) is -0.0644. The first-order valence-corrected chi connectivity index (χ1v) is 10.8. The van der Waals surface area contributed by atoms with Crippen LogP contribution in [0, 0.1) is 0 Å². The molecular formula is C15H16I2NO3-. The van der Waals surface area contributed by atoms with Gasteiger partial charge in [0.2, 0.25) is 0 Å². The molecule has 114 valence electrons. The van der Waals surface area contributed by atoms with Crippen LogP contribution in [-0.2, 0) is 15.1 Å². The molecule has 4 rings (SSSR count). The number of rotatable bonds is 4. The van der Waals surface area contributed by atoms with E-state index in [4.69, 9.17) is 9.15 Å². The fourth-order valence-electron chi connectivity index (χ4n) is 3.21. The summed E-state index contributed by atoms with van der Waals surface area (Å²) < 4.78 is 15.4. The molecule has 0 aromatic carbocycles. The van der Waals surface area contributed by atoms with Gasteiger partial charge >= 0.3 is 148 Å². The zero-order valence-corrected chi connectivity index (χ0v) is 15.7. The normalized spacial score (nSPS) is 26.2. The predicted molar refractivity (Wildman–Crippen MR) is 83.0 cm³/mol. The second-order valence-corrected chi connectivity index (χ2v) is 9.69. The first-order chi connectivity index (χ1) is 10.2. The Bertz CT molecular complexity index is 646. The predicted octanol–water partition coefficient (Wildman–Crippen LogP) is 0.310. The number of halogens is 2. The Morgan fingerprint density at radius 3 is 2.76 bits per heavy atom. The number of esters is 1. The van der Waals surface area contributed by atoms with Crippen molar-refractivity contribution in [3.63, 3.8) is 0 Å². The van der Waals surface area contributed by atoms with Crippen LogP contribution in [0.5, 0.6) is 0 Å². The first-order valence-electron chi connectivity index (χ1n) is 7.25. The molecule has 2 aromatic heterocycles. The van der Waals surface area contributed by atoms with Crippen LogP contribution in [0.3, 0.4) is 0 Å². The van der Waals surface area contributed by atoms with E-state index < -0.39 is 5.60 Å². The van der Waals surface area contributed by atoms with Crippen molar-refractivity contribution >= 4 is 39.7 Å². The summed E-state index contributed by atoms with van der Waals surface area (Å²) in [7, 11) is 0. The van der Waals surface area contributed by atoms with Gasteiger partial charge in [0, 0.05) is 0 Å². The molecule has 3 heterocycles. The molecule has 1 aliphatic heterocycles. The van der Waals surface area contributed by atoms with E-state index in [2.05, 4.69) is 32.2 Å². The van der Waals surface area contributed by atoms with Crippen molar-refractivity contribution in [3.8, 4) is 0 Å². The van der Waals surface area contributed by atoms with E-state index >= 15 is 0 Å². The monoisotopic (exact) mass is 512 g/mol. The fourth-order valence-corrected chi connectivity index (χ4v) is 6.29. The van der Waals surface area contributed by atoms with Gasteiger partial charge in [-0.2, -0.15) is 0 Å². The topological polar surface area (TPSA) is 61.4 Å². The van der Waals surface area contributed by atoms with Crippen molar-refractivity contribution in [1.82, 2.24) is 3.53 Å². The van der Waals surface area contributed by atoms with Gasteiger partial charge in [0.25, 0.3) is 0 Å². The minimum atomic E-state index is -0.464. The number of hydrogen-bond donors (Lipinski definition) is 1. The molecule has 1 aliphatic carbocycles. The molecule has 2 fully saturated rings. The third-order valence-corrected chi connectivity index (χ3v) is 9.01. The molecule has 6 heteroatoms. The van der Waals surface area contributed by atoms with Crippen molar-refractivity contribution in [3.05, 3.63) is 23.8 Å². The van der Waals surface area contributed by atoms with Crippen LogP contribution >= 0.6 is 22.6 Å². The molecule has 1 saturated carbocycles. The molecule has 1 N–H and O–H groups in total. The van der Waals surface area contributed by atoms with Crippen LogP contribution in [0.4, 0.5) is 0 Å². The summed E-state index contributed by atoms with van der Waals surface area (Å²) in [5, 5.41) is 0. The van der Waals surface area contributed by atoms with Crippen LogP contribution in [0.1, 0.15) is 37.7 Å². The molecule has 2 aliphatic rings. The third kappa shape index (κ3) is 2.67. The Morgan fingerprint density at radius 1 is 1.43 bits per heavy atom. The standard InChI is InChI=1S/C15H16I2NO3/c16-12(13-17-18-13)14(19)21-15(6-2-1-3-7-15)10-8-9-4-5-11(10)20-9/h4-5,8,12-13,18H,1-3,6-7H2/q-1. The van der Waals surface area contributed by atoms with Gasteiger partial charge in [-0.15, -0.1) is 0 Å². The molecular weight excluding hydrogens is 496 g/mol. The average molecular weight is 512 g/mol. The Hall–Kier alpha value is -0.0900. The van der Waals surface area contributed by atoms with Crippen LogP contribution in [0.2, 0.25) is 0 Å². The van der Waals surface area contributed by atoms with Gasteiger partial charge in [-0.25, -0.2) is 0 Å². The van der Waals surface area contributed by atoms with E-state index in [-0.39, 0.29) is 31.4 Å². The molecule has 0 radical (unpaired) electrons. The Balaban J connectivity index is 1.63. The zero-order valence-electron chi connectivity index (χ0n) is 11.4. The number of benzene rings is 1. The van der Waals surface area contributed by atoms with Crippen molar-refractivity contribution in [2.24, 2.45) is 0 Å². The molecule has 0 spiro atoms. The number of nitrogens with one attached hydrogen (secondary N) is 1. The number of carbonyl (C=O) groups is 1. The van der Waals surface area contributed by atoms with Crippen LogP contribution < -0.4 is 25.0 Å². The first kappa shape index (κ1) is 14.5. The second-order valence-electron chi connectivity index (χ2n) is 5.76. The van der Waals surface area contributed by atoms with E-state index in [1.165, 1.54) is 6.42 Å². The summed E-state index contributed by atoms with van der Waals surface area (Å²) in [6.45, 7) is 0. The maximum atomic E-state index is 12.5. The van der Waals surface area contributed by atoms with Crippen LogP contribution in [-0.4, -0.2) is 13.9 Å². The third-order valence-electron chi connectivity index (χ3n) is 4.34. The van der Waals surface area contributed by atoms with Gasteiger partial charge in [0.1, 0.15) is 0 Å². The Labute approximate surface area is 147 Å². The zero-order chi connectivity index (χ0) is 14.4. The van der Waals surface area contributed by atoms with E-state index in [9.17, 15) is 4.79 Å². The summed E-state index contributed by atoms with van der Waals surface area (Å²) in [6.07, 6.45) is 5.26. The maximum absolute atomic E-state index is 12.5. The number of hydrogen-bond acceptors (Lipinski definition) is 4. The molecule has 2 aromatic rings. The molecule has 4 nitrogen and oxygen atoms in total. The Morgan fingerprint density at radius 2 is 2.19 bits per heavy atom. The molecule has 21 heavy (non-hydrogen) atoms. The molecule has 2 bridgehead atoms. The van der Waals surface area contributed by atoms with Gasteiger partial charge in [-0.05, 0) is 0 Å². The number of carbonyl (C=O) groups excluding carboxylic acids is 1. The summed E-state index contributed by atoms with van der Waals surface area (Å²) in [5.41, 5.74) is 2.37. The van der Waals surface area contributed by atoms with E-state index in [1.807, 2.05) is 12.1 Å². The number of furan rings is 2. The number of ether oxygens (including phenoxy) is 1. The van der Waals surface area contributed by atoms with Crippen LogP contribution in [0.15, 0.2) is 22.6 Å². The van der Waals surface area contributed by atoms with Gasteiger partial charge in [-0.3, -0.25) is 0 Å².